The number of imidazole rings is 2. The molecule has 1 N–H and O–H groups in total. The molecule has 0 atom stereocenters. The van der Waals surface area contributed by atoms with Gasteiger partial charge in [-0.05, 0) is 181 Å². The predicted octanol–water partition coefficient (Wildman–Crippen LogP) is 25.9. The zero-order valence-electron chi connectivity index (χ0n) is 76.1. The molecule has 128 heavy (non-hydrogen) atoms. The Labute approximate surface area is 786 Å². The van der Waals surface area contributed by atoms with E-state index in [0.29, 0.717) is 58.9 Å². The van der Waals surface area contributed by atoms with Gasteiger partial charge in [0.15, 0.2) is 0 Å². The van der Waals surface area contributed by atoms with Gasteiger partial charge in [0.05, 0.1) is 57.1 Å². The SMILES string of the molecule is CCCCCCCCCCCCc1ccnc(-c2cc(CCCCCCCCCCCC)ccn2)c1.CCCCCCCCCCCCc1ccnc(-c2cc(CCCCCCCCCCCC)ccn2)c1.O=COc1ccnc(-c2cc(C(=O)O)ccn2)c1.O=COc1ccnc(-c2cc(C(=O)[O-])ccn2)c1.[Ru+].[Ru+].c1ccc2[n-]c(-c3nc4ccccc4[n-]3)nc2c1. The van der Waals surface area contributed by atoms with Crippen molar-refractivity contribution in [3.8, 4) is 68.7 Å². The number of carboxylic acid groups (broad SMARTS) is 2. The van der Waals surface area contributed by atoms with Crippen molar-refractivity contribution in [3.63, 3.8) is 0 Å². The molecule has 12 aromatic rings. The number of carbonyl (C=O) groups excluding carboxylic acids is 3. The molecule has 0 unspecified atom stereocenters. The van der Waals surface area contributed by atoms with Crippen LogP contribution in [0.4, 0.5) is 0 Å². The van der Waals surface area contributed by atoms with Crippen molar-refractivity contribution in [2.75, 3.05) is 0 Å². The summed E-state index contributed by atoms with van der Waals surface area (Å²) in [7, 11) is 0. The van der Waals surface area contributed by atoms with E-state index in [1.165, 1.54) is 352 Å². The van der Waals surface area contributed by atoms with Gasteiger partial charge in [-0.15, -0.1) is 0 Å². The van der Waals surface area contributed by atoms with Crippen LogP contribution in [0.1, 0.15) is 327 Å². The Kier molecular flexibility index (Phi) is 55.0. The topological polar surface area (TPSA) is 287 Å². The number of carbonyl (C=O) groups is 4. The minimum atomic E-state index is -1.29. The van der Waals surface area contributed by atoms with Gasteiger partial charge in [0.25, 0.3) is 12.9 Å². The van der Waals surface area contributed by atoms with Crippen molar-refractivity contribution in [2.24, 2.45) is 0 Å². The standard InChI is InChI=1S/2C34H56N2.C14H8N4.2C12H8N2O4.2Ru/c2*1-3-5-7-9-11-13-15-17-19-21-23-31-25-27-35-33(29-31)34-30-32(26-28-36-34)24-22-20-18-16-14-12-10-8-6-4-2;1-2-6-10-9(5-1)15-13(16-10)14-17-11-7-3-4-8-12(11)18-14;2*15-7-18-9-2-4-14-11(6-9)10-5-8(12(16)17)1-3-13-10;;/h2*25-30H,3-24H2,1-2H3;1-8H;2*1-7H,(H,16,17);;/q;;-2;;;2*+1/p-1. The first-order valence-electron chi connectivity index (χ1n) is 47.1. The molecule has 20 nitrogen and oxygen atoms in total. The summed E-state index contributed by atoms with van der Waals surface area (Å²) in [6, 6.07) is 44.8. The van der Waals surface area contributed by atoms with Crippen molar-refractivity contribution in [1.29, 1.82) is 0 Å². The number of aromatic carboxylic acids is 2. The number of pyridine rings is 8. The van der Waals surface area contributed by atoms with Crippen molar-refractivity contribution in [2.45, 2.75) is 310 Å². The number of rotatable bonds is 55. The molecule has 22 heteroatoms. The molecule has 2 radical (unpaired) electrons. The van der Waals surface area contributed by atoms with Crippen LogP contribution < -0.4 is 24.5 Å². The number of aryl methyl sites for hydroxylation is 4. The molecule has 0 aliphatic heterocycles. The molecule has 0 aliphatic rings. The van der Waals surface area contributed by atoms with Crippen molar-refractivity contribution in [3.05, 3.63) is 229 Å². The van der Waals surface area contributed by atoms with Crippen LogP contribution in [-0.4, -0.2) is 79.8 Å². The van der Waals surface area contributed by atoms with Crippen LogP contribution in [-0.2, 0) is 74.2 Å². The van der Waals surface area contributed by atoms with Gasteiger partial charge in [-0.25, -0.2) is 4.79 Å². The first-order valence-corrected chi connectivity index (χ1v) is 47.1. The van der Waals surface area contributed by atoms with E-state index in [0.717, 1.165) is 70.5 Å². The molecule has 0 spiro atoms. The zero-order valence-corrected chi connectivity index (χ0v) is 79.6. The summed E-state index contributed by atoms with van der Waals surface area (Å²) in [5.41, 5.74) is 14.9. The van der Waals surface area contributed by atoms with Crippen molar-refractivity contribution in [1.82, 2.24) is 59.8 Å². The summed E-state index contributed by atoms with van der Waals surface area (Å²) in [5, 5.41) is 19.6. The third-order valence-corrected chi connectivity index (χ3v) is 22.3. The third-order valence-electron chi connectivity index (χ3n) is 22.3. The van der Waals surface area contributed by atoms with Gasteiger partial charge in [0.1, 0.15) is 11.5 Å². The molecule has 2 aromatic carbocycles. The number of ether oxygens (including phenoxy) is 2. The zero-order chi connectivity index (χ0) is 88.9. The Morgan fingerprint density at radius 1 is 0.305 bits per heavy atom. The van der Waals surface area contributed by atoms with Gasteiger partial charge in [0.2, 0.25) is 0 Å². The minimum Gasteiger partial charge on any atom is -0.545 e. The summed E-state index contributed by atoms with van der Waals surface area (Å²) in [6.07, 6.45) is 73.7. The molecule has 0 saturated carbocycles. The smallest absolute Gasteiger partial charge is 0.545 e. The Hall–Kier alpha value is -10.3. The second-order valence-electron chi connectivity index (χ2n) is 32.6. The Morgan fingerprint density at radius 2 is 0.539 bits per heavy atom. The largest absolute Gasteiger partial charge is 1.00 e. The van der Waals surface area contributed by atoms with E-state index in [9.17, 15) is 24.3 Å². The number of benzene rings is 2. The number of para-hydroxylation sites is 4. The van der Waals surface area contributed by atoms with Crippen LogP contribution in [0, 0.1) is 0 Å². The Balaban J connectivity index is 0.000000255. The quantitative estimate of drug-likeness (QED) is 0.0210. The van der Waals surface area contributed by atoms with Gasteiger partial charge in [-0.1, -0.05) is 319 Å². The Morgan fingerprint density at radius 3 is 0.805 bits per heavy atom. The van der Waals surface area contributed by atoms with Crippen LogP contribution in [0.25, 0.3) is 79.3 Å². The van der Waals surface area contributed by atoms with E-state index >= 15 is 0 Å². The molecule has 0 aliphatic carbocycles. The van der Waals surface area contributed by atoms with Crippen LogP contribution in [0.2, 0.25) is 0 Å². The first kappa shape index (κ1) is 106. The van der Waals surface area contributed by atoms with E-state index in [2.05, 4.69) is 146 Å². The number of fused-ring (bicyclic) bond motifs is 2. The minimum absolute atomic E-state index is 0. The van der Waals surface area contributed by atoms with Crippen LogP contribution in [0.5, 0.6) is 11.5 Å². The van der Waals surface area contributed by atoms with E-state index in [1.807, 2.05) is 73.3 Å². The number of hydrogen-bond acceptors (Lipinski definition) is 17. The summed E-state index contributed by atoms with van der Waals surface area (Å²) in [5.74, 6) is -0.536. The fourth-order valence-corrected chi connectivity index (χ4v) is 15.1. The van der Waals surface area contributed by atoms with E-state index in [-0.39, 0.29) is 50.1 Å². The number of hydrogen-bond donors (Lipinski definition) is 1. The van der Waals surface area contributed by atoms with Crippen LogP contribution in [0.3, 0.4) is 0 Å². The molecule has 0 bridgehead atoms. The molecule has 684 valence electrons. The molecule has 10 heterocycles. The summed E-state index contributed by atoms with van der Waals surface area (Å²) in [4.78, 5) is 94.4. The maximum atomic E-state index is 10.8. The normalized spacial score (nSPS) is 10.7. The van der Waals surface area contributed by atoms with Gasteiger partial charge >= 0.3 is 44.9 Å². The molecule has 12 rings (SSSR count). The fraction of sp³-hybridized carbons (Fsp3) is 0.453. The number of nitrogens with zero attached hydrogens (tertiary/aromatic N) is 12. The van der Waals surface area contributed by atoms with E-state index in [4.69, 9.17) is 5.11 Å². The van der Waals surface area contributed by atoms with Crippen LogP contribution >= 0.6 is 0 Å². The maximum absolute atomic E-state index is 10.8. The average molecular weight is 1910 g/mol. The van der Waals surface area contributed by atoms with Gasteiger partial charge in [0, 0.05) is 67.3 Å². The second kappa shape index (κ2) is 66.1. The predicted molar refractivity (Wildman–Crippen MR) is 506 cm³/mol. The summed E-state index contributed by atoms with van der Waals surface area (Å²) in [6.45, 7) is 9.77. The summed E-state index contributed by atoms with van der Waals surface area (Å²) >= 11 is 0. The monoisotopic (exact) mass is 1910 g/mol. The van der Waals surface area contributed by atoms with Crippen molar-refractivity contribution >= 4 is 46.9 Å². The fourth-order valence-electron chi connectivity index (χ4n) is 15.1. The first-order chi connectivity index (χ1) is 62.0. The molecule has 10 aromatic heterocycles. The van der Waals surface area contributed by atoms with Gasteiger partial charge < -0.3 is 44.4 Å². The molecule has 0 fully saturated rings. The number of aromatic nitrogens is 12. The Bertz CT molecular complexity index is 4540. The van der Waals surface area contributed by atoms with Gasteiger partial charge in [-0.2, -0.15) is 0 Å². The van der Waals surface area contributed by atoms with Gasteiger partial charge in [-0.3, -0.25) is 49.5 Å². The number of unbranched alkanes of at least 4 members (excludes halogenated alkanes) is 36. The maximum Gasteiger partial charge on any atom is 1.00 e. The van der Waals surface area contributed by atoms with Crippen LogP contribution in [0.15, 0.2) is 195 Å². The molecular formula is C106H135N12O8Ru2-. The van der Waals surface area contributed by atoms with E-state index < -0.39 is 11.9 Å². The summed E-state index contributed by atoms with van der Waals surface area (Å²) < 4.78 is 9.35. The number of carboxylic acids is 2. The van der Waals surface area contributed by atoms with E-state index in [1.54, 1.807) is 0 Å². The second-order valence-corrected chi connectivity index (χ2v) is 32.6. The molecule has 0 amide bonds. The molecule has 0 saturated heterocycles. The average Bonchev–Trinajstić information content (AvgIpc) is 1.65. The van der Waals surface area contributed by atoms with Crippen molar-refractivity contribution < 1.29 is 77.8 Å². The third kappa shape index (κ3) is 42.3. The molecular weight excluding hydrogens is 1770 g/mol.